The van der Waals surface area contributed by atoms with E-state index in [2.05, 4.69) is 25.3 Å². The monoisotopic (exact) mass is 388 g/mol. The summed E-state index contributed by atoms with van der Waals surface area (Å²) in [4.78, 5) is 22.7. The Bertz CT molecular complexity index is 658. The topological polar surface area (TPSA) is 71.1 Å². The Labute approximate surface area is 166 Å². The molecule has 0 saturated heterocycles. The van der Waals surface area contributed by atoms with Crippen LogP contribution in [-0.4, -0.2) is 44.5 Å². The lowest BCUT2D eigenvalue weighted by molar-refractivity contribution is -0.154. The fourth-order valence-electron chi connectivity index (χ4n) is 3.22. The molecule has 0 spiro atoms. The van der Waals surface area contributed by atoms with Gasteiger partial charge >= 0.3 is 11.9 Å². The van der Waals surface area contributed by atoms with Crippen LogP contribution in [0.3, 0.4) is 0 Å². The summed E-state index contributed by atoms with van der Waals surface area (Å²) in [6.07, 6.45) is 6.14. The Morgan fingerprint density at radius 2 is 1.68 bits per heavy atom. The lowest BCUT2D eigenvalue weighted by Gasteiger charge is -2.28. The van der Waals surface area contributed by atoms with Crippen LogP contribution in [0.4, 0.5) is 0 Å². The normalized spacial score (nSPS) is 19.9. The second kappa shape index (κ2) is 11.3. The van der Waals surface area contributed by atoms with Gasteiger partial charge in [-0.15, -0.1) is 0 Å². The van der Waals surface area contributed by atoms with Gasteiger partial charge in [0.05, 0.1) is 6.10 Å². The highest BCUT2D eigenvalue weighted by molar-refractivity contribution is 5.82. The maximum Gasteiger partial charge on any atom is 0.330 e. The number of carbonyl (C=O) groups is 2. The van der Waals surface area contributed by atoms with Gasteiger partial charge in [0.15, 0.2) is 6.10 Å². The van der Waals surface area contributed by atoms with Crippen molar-refractivity contribution in [3.8, 4) is 5.75 Å². The zero-order valence-corrected chi connectivity index (χ0v) is 16.3. The predicted octanol–water partition coefficient (Wildman–Crippen LogP) is 3.57. The van der Waals surface area contributed by atoms with Crippen molar-refractivity contribution in [1.29, 1.82) is 0 Å². The van der Waals surface area contributed by atoms with E-state index in [1.54, 1.807) is 7.11 Å². The number of hydrogen-bond donors (Lipinski definition) is 0. The first-order chi connectivity index (χ1) is 13.5. The van der Waals surface area contributed by atoms with Gasteiger partial charge in [0.2, 0.25) is 0 Å². The molecule has 1 unspecified atom stereocenters. The Balaban J connectivity index is 1.87. The zero-order chi connectivity index (χ0) is 20.4. The molecule has 0 amide bonds. The van der Waals surface area contributed by atoms with Crippen molar-refractivity contribution in [1.82, 2.24) is 0 Å². The van der Waals surface area contributed by atoms with Crippen LogP contribution in [0.15, 0.2) is 49.6 Å². The summed E-state index contributed by atoms with van der Waals surface area (Å²) >= 11 is 0. The minimum atomic E-state index is -0.738. The smallest absolute Gasteiger partial charge is 0.330 e. The second-order valence-corrected chi connectivity index (χ2v) is 6.69. The lowest BCUT2D eigenvalue weighted by Crippen LogP contribution is -2.30. The fraction of sp³-hybridized carbons (Fsp3) is 0.455. The molecule has 6 nitrogen and oxygen atoms in total. The molecule has 28 heavy (non-hydrogen) atoms. The average Bonchev–Trinajstić information content (AvgIpc) is 2.75. The summed E-state index contributed by atoms with van der Waals surface area (Å²) < 4.78 is 21.2. The molecule has 1 atom stereocenters. The van der Waals surface area contributed by atoms with Crippen molar-refractivity contribution >= 4 is 11.9 Å². The molecule has 1 aromatic rings. The summed E-state index contributed by atoms with van der Waals surface area (Å²) in [7, 11) is 1.77. The van der Waals surface area contributed by atoms with Crippen LogP contribution < -0.4 is 4.74 Å². The molecule has 1 saturated carbocycles. The highest BCUT2D eigenvalue weighted by Gasteiger charge is 2.22. The first kappa shape index (κ1) is 21.7. The Hall–Kier alpha value is -2.60. The van der Waals surface area contributed by atoms with E-state index < -0.39 is 18.0 Å². The minimum Gasteiger partial charge on any atom is -0.490 e. The Morgan fingerprint density at radius 3 is 2.25 bits per heavy atom. The van der Waals surface area contributed by atoms with Crippen LogP contribution in [0, 0.1) is 0 Å². The molecule has 2 rings (SSSR count). The van der Waals surface area contributed by atoms with Crippen LogP contribution in [0.1, 0.15) is 37.2 Å². The summed E-state index contributed by atoms with van der Waals surface area (Å²) in [5.74, 6) is 0.00143. The van der Waals surface area contributed by atoms with Crippen LogP contribution in [-0.2, 0) is 23.8 Å². The number of hydrogen-bond acceptors (Lipinski definition) is 6. The van der Waals surface area contributed by atoms with E-state index in [4.69, 9.17) is 18.9 Å². The second-order valence-electron chi connectivity index (χ2n) is 6.69. The van der Waals surface area contributed by atoms with Gasteiger partial charge in [0.25, 0.3) is 0 Å². The van der Waals surface area contributed by atoms with Crippen molar-refractivity contribution in [3.63, 3.8) is 0 Å². The van der Waals surface area contributed by atoms with Crippen molar-refractivity contribution in [2.75, 3.05) is 20.3 Å². The van der Waals surface area contributed by atoms with Crippen molar-refractivity contribution in [2.24, 2.45) is 0 Å². The van der Waals surface area contributed by atoms with E-state index >= 15 is 0 Å². The van der Waals surface area contributed by atoms with Gasteiger partial charge in [0, 0.05) is 19.3 Å². The maximum absolute atomic E-state index is 11.4. The molecule has 0 N–H and O–H groups in total. The summed E-state index contributed by atoms with van der Waals surface area (Å²) in [5.41, 5.74) is 1.29. The van der Waals surface area contributed by atoms with Crippen LogP contribution in [0.5, 0.6) is 5.75 Å². The van der Waals surface area contributed by atoms with Gasteiger partial charge in [-0.05, 0) is 49.3 Å². The Kier molecular flexibility index (Phi) is 8.75. The number of ether oxygens (including phenoxy) is 4. The molecule has 1 fully saturated rings. The summed E-state index contributed by atoms with van der Waals surface area (Å²) in [5, 5.41) is 0. The molecular weight excluding hydrogens is 360 g/mol. The number of esters is 2. The molecule has 152 valence electrons. The standard InChI is InChI=1S/C22H28O6/c1-4-21(23)27-15-20(28-22(24)5-2)14-26-19-12-8-17(9-13-19)16-6-10-18(25-3)11-7-16/h4-5,8-9,12-13,16,18,20H,1-2,6-7,10-11,14-15H2,3H3. The van der Waals surface area contributed by atoms with Crippen LogP contribution >= 0.6 is 0 Å². The third-order valence-corrected chi connectivity index (χ3v) is 4.82. The van der Waals surface area contributed by atoms with E-state index in [0.29, 0.717) is 17.8 Å². The summed E-state index contributed by atoms with van der Waals surface area (Å²) in [6.45, 7) is 6.63. The molecule has 0 radical (unpaired) electrons. The van der Waals surface area contributed by atoms with Gasteiger partial charge < -0.3 is 18.9 Å². The van der Waals surface area contributed by atoms with Crippen molar-refractivity contribution in [3.05, 3.63) is 55.1 Å². The molecule has 1 aliphatic carbocycles. The van der Waals surface area contributed by atoms with Gasteiger partial charge in [-0.25, -0.2) is 9.59 Å². The molecular formula is C22H28O6. The lowest BCUT2D eigenvalue weighted by atomic mass is 9.83. The van der Waals surface area contributed by atoms with Crippen molar-refractivity contribution < 1.29 is 28.5 Å². The molecule has 1 aliphatic rings. The number of benzene rings is 1. The van der Waals surface area contributed by atoms with E-state index in [-0.39, 0.29) is 13.2 Å². The van der Waals surface area contributed by atoms with Gasteiger partial charge in [0.1, 0.15) is 19.0 Å². The number of methoxy groups -OCH3 is 1. The molecule has 0 aliphatic heterocycles. The first-order valence-corrected chi connectivity index (χ1v) is 9.43. The van der Waals surface area contributed by atoms with Gasteiger partial charge in [-0.1, -0.05) is 25.3 Å². The highest BCUT2D eigenvalue weighted by Crippen LogP contribution is 2.34. The predicted molar refractivity (Wildman–Crippen MR) is 105 cm³/mol. The Morgan fingerprint density at radius 1 is 1.04 bits per heavy atom. The SMILES string of the molecule is C=CC(=O)OCC(COc1ccc(C2CCC(OC)CC2)cc1)OC(=O)C=C. The van der Waals surface area contributed by atoms with E-state index in [1.165, 1.54) is 5.56 Å². The molecule has 6 heteroatoms. The van der Waals surface area contributed by atoms with Gasteiger partial charge in [-0.3, -0.25) is 0 Å². The number of rotatable bonds is 10. The van der Waals surface area contributed by atoms with Crippen molar-refractivity contribution in [2.45, 2.75) is 43.8 Å². The van der Waals surface area contributed by atoms with E-state index in [0.717, 1.165) is 37.8 Å². The molecule has 0 bridgehead atoms. The average molecular weight is 388 g/mol. The zero-order valence-electron chi connectivity index (χ0n) is 16.3. The molecule has 1 aromatic carbocycles. The quantitative estimate of drug-likeness (QED) is 0.451. The first-order valence-electron chi connectivity index (χ1n) is 9.43. The third kappa shape index (κ3) is 6.85. The van der Waals surface area contributed by atoms with E-state index in [9.17, 15) is 9.59 Å². The summed E-state index contributed by atoms with van der Waals surface area (Å²) in [6, 6.07) is 7.94. The highest BCUT2D eigenvalue weighted by atomic mass is 16.6. The van der Waals surface area contributed by atoms with Crippen LogP contribution in [0.25, 0.3) is 0 Å². The maximum atomic E-state index is 11.4. The number of carbonyl (C=O) groups excluding carboxylic acids is 2. The molecule has 0 aromatic heterocycles. The fourth-order valence-corrected chi connectivity index (χ4v) is 3.22. The third-order valence-electron chi connectivity index (χ3n) is 4.82. The van der Waals surface area contributed by atoms with Crippen LogP contribution in [0.2, 0.25) is 0 Å². The van der Waals surface area contributed by atoms with E-state index in [1.807, 2.05) is 12.1 Å². The largest absolute Gasteiger partial charge is 0.490 e. The van der Waals surface area contributed by atoms with Gasteiger partial charge in [-0.2, -0.15) is 0 Å². The molecule has 0 heterocycles. The minimum absolute atomic E-state index is 0.0578.